The molecule has 80 valence electrons. The quantitative estimate of drug-likeness (QED) is 0.835. The second-order valence-electron chi connectivity index (χ2n) is 3.80. The van der Waals surface area contributed by atoms with Crippen LogP contribution in [0.4, 0.5) is 8.78 Å². The summed E-state index contributed by atoms with van der Waals surface area (Å²) in [5.74, 6) is -4.04. The molecule has 0 saturated heterocycles. The van der Waals surface area contributed by atoms with Crippen LogP contribution in [0, 0.1) is 17.6 Å². The van der Waals surface area contributed by atoms with Crippen molar-refractivity contribution in [2.24, 2.45) is 5.92 Å². The van der Waals surface area contributed by atoms with Crippen LogP contribution in [0.2, 0.25) is 0 Å². The SMILES string of the molecule is O=C(O)C(c1cccc(F)c1F)C1CC1. The van der Waals surface area contributed by atoms with E-state index in [2.05, 4.69) is 0 Å². The van der Waals surface area contributed by atoms with Gasteiger partial charge in [-0.05, 0) is 24.8 Å². The monoisotopic (exact) mass is 212 g/mol. The van der Waals surface area contributed by atoms with Crippen molar-refractivity contribution < 1.29 is 18.7 Å². The number of hydrogen-bond donors (Lipinski definition) is 1. The van der Waals surface area contributed by atoms with Crippen molar-refractivity contribution in [3.05, 3.63) is 35.4 Å². The highest BCUT2D eigenvalue weighted by Crippen LogP contribution is 2.43. The Morgan fingerprint density at radius 2 is 2.07 bits per heavy atom. The Morgan fingerprint density at radius 1 is 1.40 bits per heavy atom. The van der Waals surface area contributed by atoms with Crippen LogP contribution in [-0.2, 0) is 4.79 Å². The predicted octanol–water partition coefficient (Wildman–Crippen LogP) is 2.54. The van der Waals surface area contributed by atoms with Gasteiger partial charge in [-0.3, -0.25) is 4.79 Å². The van der Waals surface area contributed by atoms with Crippen LogP contribution in [0.3, 0.4) is 0 Å². The molecule has 1 fully saturated rings. The number of carboxylic acid groups (broad SMARTS) is 1. The van der Waals surface area contributed by atoms with E-state index in [-0.39, 0.29) is 11.5 Å². The molecule has 2 nitrogen and oxygen atoms in total. The topological polar surface area (TPSA) is 37.3 Å². The third-order valence-corrected chi connectivity index (χ3v) is 2.68. The normalized spacial score (nSPS) is 17.5. The number of carboxylic acids is 1. The largest absolute Gasteiger partial charge is 0.481 e. The number of hydrogen-bond acceptors (Lipinski definition) is 1. The molecule has 0 spiro atoms. The van der Waals surface area contributed by atoms with E-state index in [1.807, 2.05) is 0 Å². The van der Waals surface area contributed by atoms with Crippen molar-refractivity contribution in [1.82, 2.24) is 0 Å². The van der Waals surface area contributed by atoms with Crippen molar-refractivity contribution in [3.8, 4) is 0 Å². The summed E-state index contributed by atoms with van der Waals surface area (Å²) in [6, 6.07) is 3.67. The van der Waals surface area contributed by atoms with Gasteiger partial charge in [0.05, 0.1) is 5.92 Å². The Morgan fingerprint density at radius 3 is 2.60 bits per heavy atom. The zero-order chi connectivity index (χ0) is 11.0. The minimum atomic E-state index is -1.08. The van der Waals surface area contributed by atoms with Gasteiger partial charge < -0.3 is 5.11 Å². The van der Waals surface area contributed by atoms with Gasteiger partial charge in [0.1, 0.15) is 0 Å². The summed E-state index contributed by atoms with van der Waals surface area (Å²) in [5, 5.41) is 8.96. The summed E-state index contributed by atoms with van der Waals surface area (Å²) < 4.78 is 26.3. The fraction of sp³-hybridized carbons (Fsp3) is 0.364. The Labute approximate surface area is 85.5 Å². The van der Waals surface area contributed by atoms with Crippen LogP contribution in [0.5, 0.6) is 0 Å². The highest BCUT2D eigenvalue weighted by Gasteiger charge is 2.39. The second-order valence-corrected chi connectivity index (χ2v) is 3.80. The third kappa shape index (κ3) is 1.84. The third-order valence-electron chi connectivity index (χ3n) is 2.68. The van der Waals surface area contributed by atoms with Crippen LogP contribution in [0.15, 0.2) is 18.2 Å². The van der Waals surface area contributed by atoms with Gasteiger partial charge in [-0.15, -0.1) is 0 Å². The molecule has 1 aromatic carbocycles. The zero-order valence-corrected chi connectivity index (χ0v) is 7.91. The Balaban J connectivity index is 2.41. The lowest BCUT2D eigenvalue weighted by Gasteiger charge is -2.12. The summed E-state index contributed by atoms with van der Waals surface area (Å²) in [6.07, 6.45) is 1.54. The Kier molecular flexibility index (Phi) is 2.42. The maximum atomic E-state index is 13.4. The molecule has 1 atom stereocenters. The lowest BCUT2D eigenvalue weighted by Crippen LogP contribution is -2.15. The van der Waals surface area contributed by atoms with Gasteiger partial charge in [-0.25, -0.2) is 8.78 Å². The van der Waals surface area contributed by atoms with Crippen LogP contribution in [-0.4, -0.2) is 11.1 Å². The number of carbonyl (C=O) groups is 1. The van der Waals surface area contributed by atoms with E-state index < -0.39 is 23.5 Å². The molecule has 0 heterocycles. The molecule has 0 aliphatic heterocycles. The van der Waals surface area contributed by atoms with Crippen molar-refractivity contribution in [3.63, 3.8) is 0 Å². The first kappa shape index (κ1) is 10.1. The van der Waals surface area contributed by atoms with Gasteiger partial charge in [0.2, 0.25) is 0 Å². The van der Waals surface area contributed by atoms with E-state index in [0.717, 1.165) is 18.9 Å². The molecule has 0 bridgehead atoms. The van der Waals surface area contributed by atoms with Gasteiger partial charge in [-0.2, -0.15) is 0 Å². The predicted molar refractivity (Wildman–Crippen MR) is 49.5 cm³/mol. The maximum Gasteiger partial charge on any atom is 0.311 e. The maximum absolute atomic E-state index is 13.4. The molecular weight excluding hydrogens is 202 g/mol. The average molecular weight is 212 g/mol. The summed E-state index contributed by atoms with van der Waals surface area (Å²) in [4.78, 5) is 11.0. The molecule has 1 saturated carbocycles. The fourth-order valence-corrected chi connectivity index (χ4v) is 1.78. The molecule has 1 N–H and O–H groups in total. The zero-order valence-electron chi connectivity index (χ0n) is 7.91. The number of benzene rings is 1. The molecule has 1 unspecified atom stereocenters. The summed E-state index contributed by atoms with van der Waals surface area (Å²) in [5.41, 5.74) is -0.0370. The lowest BCUT2D eigenvalue weighted by atomic mass is 9.94. The first-order valence-electron chi connectivity index (χ1n) is 4.78. The molecule has 0 amide bonds. The van der Waals surface area contributed by atoms with Crippen LogP contribution >= 0.6 is 0 Å². The van der Waals surface area contributed by atoms with Crippen LogP contribution in [0.1, 0.15) is 24.3 Å². The Hall–Kier alpha value is -1.45. The molecule has 0 radical (unpaired) electrons. The molecule has 1 aliphatic carbocycles. The molecule has 2 rings (SSSR count). The van der Waals surface area contributed by atoms with Gasteiger partial charge in [0.15, 0.2) is 11.6 Å². The second kappa shape index (κ2) is 3.61. The number of aliphatic carboxylic acids is 1. The fourth-order valence-electron chi connectivity index (χ4n) is 1.78. The summed E-state index contributed by atoms with van der Waals surface area (Å²) in [7, 11) is 0. The van der Waals surface area contributed by atoms with E-state index in [0.29, 0.717) is 0 Å². The number of halogens is 2. The lowest BCUT2D eigenvalue weighted by molar-refractivity contribution is -0.139. The smallest absolute Gasteiger partial charge is 0.311 e. The average Bonchev–Trinajstić information content (AvgIpc) is 2.96. The van der Waals surface area contributed by atoms with Crippen molar-refractivity contribution in [2.45, 2.75) is 18.8 Å². The van der Waals surface area contributed by atoms with Crippen LogP contribution in [0.25, 0.3) is 0 Å². The van der Waals surface area contributed by atoms with E-state index >= 15 is 0 Å². The molecule has 0 aromatic heterocycles. The van der Waals surface area contributed by atoms with E-state index in [4.69, 9.17) is 5.11 Å². The summed E-state index contributed by atoms with van der Waals surface area (Å²) in [6.45, 7) is 0. The minimum absolute atomic E-state index is 0.0370. The van der Waals surface area contributed by atoms with Crippen molar-refractivity contribution in [2.75, 3.05) is 0 Å². The Bertz CT molecular complexity index is 400. The van der Waals surface area contributed by atoms with Crippen molar-refractivity contribution in [1.29, 1.82) is 0 Å². The molecule has 1 aromatic rings. The van der Waals surface area contributed by atoms with Gasteiger partial charge in [-0.1, -0.05) is 12.1 Å². The van der Waals surface area contributed by atoms with E-state index in [1.54, 1.807) is 0 Å². The van der Waals surface area contributed by atoms with Gasteiger partial charge >= 0.3 is 5.97 Å². The van der Waals surface area contributed by atoms with Gasteiger partial charge in [0.25, 0.3) is 0 Å². The van der Waals surface area contributed by atoms with E-state index in [9.17, 15) is 13.6 Å². The standard InChI is InChI=1S/C11H10F2O2/c12-8-3-1-2-7(10(8)13)9(11(14)15)6-4-5-6/h1-3,6,9H,4-5H2,(H,14,15). The van der Waals surface area contributed by atoms with Gasteiger partial charge in [0, 0.05) is 5.56 Å². The molecule has 15 heavy (non-hydrogen) atoms. The van der Waals surface area contributed by atoms with E-state index in [1.165, 1.54) is 12.1 Å². The highest BCUT2D eigenvalue weighted by atomic mass is 19.2. The minimum Gasteiger partial charge on any atom is -0.481 e. The molecular formula is C11H10F2O2. The highest BCUT2D eigenvalue weighted by molar-refractivity contribution is 5.77. The van der Waals surface area contributed by atoms with Crippen molar-refractivity contribution >= 4 is 5.97 Å². The first-order chi connectivity index (χ1) is 7.11. The number of rotatable bonds is 3. The molecule has 1 aliphatic rings. The first-order valence-corrected chi connectivity index (χ1v) is 4.78. The molecule has 4 heteroatoms. The summed E-state index contributed by atoms with van der Waals surface area (Å²) >= 11 is 0. The van der Waals surface area contributed by atoms with Crippen LogP contribution < -0.4 is 0 Å².